The van der Waals surface area contributed by atoms with E-state index in [0.29, 0.717) is 48.4 Å². The summed E-state index contributed by atoms with van der Waals surface area (Å²) in [4.78, 5) is 29.1. The fourth-order valence-electron chi connectivity index (χ4n) is 3.10. The summed E-state index contributed by atoms with van der Waals surface area (Å²) in [6.45, 7) is 7.25. The van der Waals surface area contributed by atoms with E-state index >= 15 is 0 Å². The van der Waals surface area contributed by atoms with E-state index in [2.05, 4.69) is 29.5 Å². The van der Waals surface area contributed by atoms with Gasteiger partial charge in [0, 0.05) is 36.9 Å². The van der Waals surface area contributed by atoms with Crippen LogP contribution in [-0.4, -0.2) is 36.1 Å². The number of oxazole rings is 1. The number of amides is 2. The van der Waals surface area contributed by atoms with Crippen LogP contribution in [0.1, 0.15) is 59.2 Å². The topological polar surface area (TPSA) is 93.5 Å². The van der Waals surface area contributed by atoms with Crippen LogP contribution in [0.25, 0.3) is 0 Å². The third-order valence-corrected chi connectivity index (χ3v) is 4.59. The van der Waals surface area contributed by atoms with E-state index < -0.39 is 0 Å². The number of aromatic nitrogens is 1. The van der Waals surface area contributed by atoms with Crippen LogP contribution in [0.5, 0.6) is 0 Å². The van der Waals surface area contributed by atoms with Crippen LogP contribution in [0.2, 0.25) is 0 Å². The molecule has 3 rings (SSSR count). The molecule has 2 amide bonds. The van der Waals surface area contributed by atoms with Gasteiger partial charge in [-0.05, 0) is 49.9 Å². The Morgan fingerprint density at radius 1 is 1.14 bits per heavy atom. The van der Waals surface area contributed by atoms with Crippen LogP contribution in [0, 0.1) is 12.8 Å². The molecule has 2 aromatic rings. The Labute approximate surface area is 164 Å². The first-order chi connectivity index (χ1) is 13.4. The Morgan fingerprint density at radius 2 is 1.82 bits per heavy atom. The molecule has 7 nitrogen and oxygen atoms in total. The number of nitrogens with one attached hydrogen (secondary N) is 2. The van der Waals surface area contributed by atoms with Gasteiger partial charge in [0.05, 0.1) is 5.69 Å². The molecule has 1 fully saturated rings. The van der Waals surface area contributed by atoms with Crippen molar-refractivity contribution in [2.75, 3.05) is 18.5 Å². The molecule has 0 unspecified atom stereocenters. The lowest BCUT2D eigenvalue weighted by Crippen LogP contribution is -2.38. The Bertz CT molecular complexity index is 821. The van der Waals surface area contributed by atoms with Crippen LogP contribution in [0.3, 0.4) is 0 Å². The van der Waals surface area contributed by atoms with Gasteiger partial charge in [-0.3, -0.25) is 9.59 Å². The Balaban J connectivity index is 1.60. The number of carbonyl (C=O) groups excluding carboxylic acids is 2. The lowest BCUT2D eigenvalue weighted by Gasteiger charge is -2.23. The number of hydrogen-bond acceptors (Lipinski definition) is 5. The number of benzene rings is 1. The van der Waals surface area contributed by atoms with Gasteiger partial charge in [-0.15, -0.1) is 0 Å². The van der Waals surface area contributed by atoms with Gasteiger partial charge < -0.3 is 19.8 Å². The second-order valence-electron chi connectivity index (χ2n) is 7.51. The van der Waals surface area contributed by atoms with Crippen molar-refractivity contribution in [3.8, 4) is 0 Å². The summed E-state index contributed by atoms with van der Waals surface area (Å²) in [5, 5.41) is 5.81. The van der Waals surface area contributed by atoms with Gasteiger partial charge in [-0.1, -0.05) is 13.8 Å². The molecule has 0 atom stereocenters. The van der Waals surface area contributed by atoms with Crippen LogP contribution in [-0.2, 0) is 11.2 Å². The Hall–Kier alpha value is -2.67. The summed E-state index contributed by atoms with van der Waals surface area (Å²) in [6, 6.07) is 6.95. The average molecular weight is 385 g/mol. The minimum Gasteiger partial charge on any atom is -0.435 e. The SMILES string of the molecule is Cc1nc(CC(C)C)oc1C(=O)Nc1ccc(C(=O)NC2CCOCC2)cc1. The molecule has 1 aliphatic heterocycles. The lowest BCUT2D eigenvalue weighted by molar-refractivity contribution is 0.0696. The van der Waals surface area contributed by atoms with Gasteiger partial charge in [-0.25, -0.2) is 4.98 Å². The van der Waals surface area contributed by atoms with Crippen molar-refractivity contribution in [1.82, 2.24) is 10.3 Å². The number of ether oxygens (including phenoxy) is 1. The van der Waals surface area contributed by atoms with Gasteiger partial charge in [-0.2, -0.15) is 0 Å². The molecule has 2 N–H and O–H groups in total. The quantitative estimate of drug-likeness (QED) is 0.795. The van der Waals surface area contributed by atoms with Crippen molar-refractivity contribution in [2.45, 2.75) is 46.1 Å². The van der Waals surface area contributed by atoms with E-state index in [-0.39, 0.29) is 23.6 Å². The maximum absolute atomic E-state index is 12.5. The number of nitrogens with zero attached hydrogens (tertiary/aromatic N) is 1. The molecule has 1 aliphatic rings. The monoisotopic (exact) mass is 385 g/mol. The molecule has 0 bridgehead atoms. The summed E-state index contributed by atoms with van der Waals surface area (Å²) in [5.74, 6) is 0.720. The van der Waals surface area contributed by atoms with Crippen molar-refractivity contribution in [2.24, 2.45) is 5.92 Å². The fraction of sp³-hybridized carbons (Fsp3) is 0.476. The van der Waals surface area contributed by atoms with Crippen LogP contribution in [0.4, 0.5) is 5.69 Å². The molecule has 1 aromatic heterocycles. The van der Waals surface area contributed by atoms with E-state index in [1.165, 1.54) is 0 Å². The van der Waals surface area contributed by atoms with Gasteiger partial charge in [0.25, 0.3) is 11.8 Å². The molecule has 1 aromatic carbocycles. The summed E-state index contributed by atoms with van der Waals surface area (Å²) in [5.41, 5.74) is 1.72. The third kappa shape index (κ3) is 5.19. The number of aryl methyl sites for hydroxylation is 1. The second kappa shape index (κ2) is 9.01. The highest BCUT2D eigenvalue weighted by Crippen LogP contribution is 2.17. The minimum atomic E-state index is -0.348. The maximum atomic E-state index is 12.5. The number of carbonyl (C=O) groups is 2. The highest BCUT2D eigenvalue weighted by Gasteiger charge is 2.19. The minimum absolute atomic E-state index is 0.116. The molecular formula is C21H27N3O4. The number of rotatable bonds is 6. The van der Waals surface area contributed by atoms with E-state index in [9.17, 15) is 9.59 Å². The van der Waals surface area contributed by atoms with Crippen molar-refractivity contribution >= 4 is 17.5 Å². The van der Waals surface area contributed by atoms with Gasteiger partial charge in [0.1, 0.15) is 0 Å². The first kappa shape index (κ1) is 20.1. The molecular weight excluding hydrogens is 358 g/mol. The highest BCUT2D eigenvalue weighted by atomic mass is 16.5. The zero-order valence-corrected chi connectivity index (χ0v) is 16.6. The van der Waals surface area contributed by atoms with Gasteiger partial charge in [0.15, 0.2) is 5.89 Å². The highest BCUT2D eigenvalue weighted by molar-refractivity contribution is 6.03. The molecule has 0 aliphatic carbocycles. The first-order valence-electron chi connectivity index (χ1n) is 9.68. The molecule has 1 saturated heterocycles. The van der Waals surface area contributed by atoms with E-state index in [1.54, 1.807) is 31.2 Å². The van der Waals surface area contributed by atoms with Gasteiger partial charge >= 0.3 is 0 Å². The Kier molecular flexibility index (Phi) is 6.46. The van der Waals surface area contributed by atoms with Gasteiger partial charge in [0.2, 0.25) is 5.76 Å². The smallest absolute Gasteiger partial charge is 0.293 e. The molecule has 28 heavy (non-hydrogen) atoms. The predicted octanol–water partition coefficient (Wildman–Crippen LogP) is 3.34. The average Bonchev–Trinajstić information content (AvgIpc) is 3.02. The molecule has 0 saturated carbocycles. The summed E-state index contributed by atoms with van der Waals surface area (Å²) < 4.78 is 10.9. The van der Waals surface area contributed by atoms with Crippen molar-refractivity contribution < 1.29 is 18.7 Å². The molecule has 0 radical (unpaired) electrons. The zero-order chi connectivity index (χ0) is 20.1. The molecule has 0 spiro atoms. The molecule has 2 heterocycles. The van der Waals surface area contributed by atoms with Crippen molar-refractivity contribution in [3.05, 3.63) is 47.2 Å². The fourth-order valence-corrected chi connectivity index (χ4v) is 3.10. The summed E-state index contributed by atoms with van der Waals surface area (Å²) in [7, 11) is 0. The predicted molar refractivity (Wildman–Crippen MR) is 105 cm³/mol. The standard InChI is InChI=1S/C21H27N3O4/c1-13(2)12-18-22-14(3)19(28-18)21(26)24-16-6-4-15(5-7-16)20(25)23-17-8-10-27-11-9-17/h4-7,13,17H,8-12H2,1-3H3,(H,23,25)(H,24,26). The lowest BCUT2D eigenvalue weighted by atomic mass is 10.1. The first-order valence-corrected chi connectivity index (χ1v) is 9.68. The van der Waals surface area contributed by atoms with E-state index in [1.807, 2.05) is 0 Å². The second-order valence-corrected chi connectivity index (χ2v) is 7.51. The Morgan fingerprint density at radius 3 is 2.46 bits per heavy atom. The van der Waals surface area contributed by atoms with Crippen LogP contribution >= 0.6 is 0 Å². The number of anilines is 1. The summed E-state index contributed by atoms with van der Waals surface area (Å²) in [6.07, 6.45) is 2.34. The molecule has 150 valence electrons. The third-order valence-electron chi connectivity index (χ3n) is 4.59. The summed E-state index contributed by atoms with van der Waals surface area (Å²) >= 11 is 0. The van der Waals surface area contributed by atoms with Crippen molar-refractivity contribution in [3.63, 3.8) is 0 Å². The maximum Gasteiger partial charge on any atom is 0.293 e. The zero-order valence-electron chi connectivity index (χ0n) is 16.6. The van der Waals surface area contributed by atoms with Crippen molar-refractivity contribution in [1.29, 1.82) is 0 Å². The van der Waals surface area contributed by atoms with E-state index in [0.717, 1.165) is 12.8 Å². The normalized spacial score (nSPS) is 14.9. The molecule has 7 heteroatoms. The largest absolute Gasteiger partial charge is 0.435 e. The van der Waals surface area contributed by atoms with Crippen LogP contribution < -0.4 is 10.6 Å². The van der Waals surface area contributed by atoms with Crippen LogP contribution in [0.15, 0.2) is 28.7 Å². The van der Waals surface area contributed by atoms with E-state index in [4.69, 9.17) is 9.15 Å². The number of hydrogen-bond donors (Lipinski definition) is 2.